The van der Waals surface area contributed by atoms with Crippen LogP contribution in [-0.2, 0) is 0 Å². The van der Waals surface area contributed by atoms with Crippen LogP contribution in [0.2, 0.25) is 0 Å². The Bertz CT molecular complexity index is 616. The summed E-state index contributed by atoms with van der Waals surface area (Å²) >= 11 is 0. The molecule has 0 saturated carbocycles. The van der Waals surface area contributed by atoms with Gasteiger partial charge in [-0.25, -0.2) is 19.2 Å². The van der Waals surface area contributed by atoms with E-state index in [1.807, 2.05) is 6.92 Å². The lowest BCUT2D eigenvalue weighted by Crippen LogP contribution is -2.24. The van der Waals surface area contributed by atoms with Crippen molar-refractivity contribution in [3.8, 4) is 0 Å². The first kappa shape index (κ1) is 13.9. The van der Waals surface area contributed by atoms with Crippen LogP contribution in [0.5, 0.6) is 0 Å². The zero-order valence-corrected chi connectivity index (χ0v) is 11.1. The van der Waals surface area contributed by atoms with Gasteiger partial charge < -0.3 is 10.0 Å². The minimum atomic E-state index is -1.08. The molecule has 0 bridgehead atoms. The summed E-state index contributed by atoms with van der Waals surface area (Å²) in [6.45, 7) is 1.83. The Kier molecular flexibility index (Phi) is 3.93. The molecule has 0 radical (unpaired) electrons. The van der Waals surface area contributed by atoms with Crippen molar-refractivity contribution in [2.24, 2.45) is 0 Å². The van der Waals surface area contributed by atoms with Crippen LogP contribution in [-0.4, -0.2) is 28.1 Å². The first-order valence-electron chi connectivity index (χ1n) is 6.03. The van der Waals surface area contributed by atoms with E-state index in [2.05, 4.69) is 9.97 Å². The summed E-state index contributed by atoms with van der Waals surface area (Å²) in [6, 6.07) is 6.21. The van der Waals surface area contributed by atoms with Gasteiger partial charge >= 0.3 is 5.97 Å². The summed E-state index contributed by atoms with van der Waals surface area (Å²) in [5, 5.41) is 8.79. The molecule has 0 aliphatic rings. The van der Waals surface area contributed by atoms with E-state index in [1.54, 1.807) is 30.1 Å². The number of aromatic nitrogens is 2. The number of benzene rings is 1. The van der Waals surface area contributed by atoms with Gasteiger partial charge in [0.2, 0.25) is 5.95 Å². The largest absolute Gasteiger partial charge is 0.478 e. The summed E-state index contributed by atoms with van der Waals surface area (Å²) < 4.78 is 13.7. The van der Waals surface area contributed by atoms with Gasteiger partial charge in [0.15, 0.2) is 0 Å². The second-order valence-electron chi connectivity index (χ2n) is 4.39. The van der Waals surface area contributed by atoms with Gasteiger partial charge in [-0.2, -0.15) is 0 Å². The molecule has 0 aliphatic heterocycles. The maximum Gasteiger partial charge on any atom is 0.338 e. The fourth-order valence-corrected chi connectivity index (χ4v) is 1.81. The summed E-state index contributed by atoms with van der Waals surface area (Å²) in [6.07, 6.45) is 2.46. The number of aromatic carboxylic acids is 1. The van der Waals surface area contributed by atoms with Gasteiger partial charge in [-0.1, -0.05) is 18.2 Å². The van der Waals surface area contributed by atoms with E-state index < -0.39 is 5.97 Å². The number of carboxylic acid groups (broad SMARTS) is 1. The minimum Gasteiger partial charge on any atom is -0.478 e. The van der Waals surface area contributed by atoms with Gasteiger partial charge in [0.05, 0.1) is 11.6 Å². The van der Waals surface area contributed by atoms with Crippen LogP contribution in [0.15, 0.2) is 36.7 Å². The first-order chi connectivity index (χ1) is 9.50. The number of hydrogen-bond acceptors (Lipinski definition) is 4. The Morgan fingerprint density at radius 2 is 1.90 bits per heavy atom. The summed E-state index contributed by atoms with van der Waals surface area (Å²) in [5.41, 5.74) is 0.543. The summed E-state index contributed by atoms with van der Waals surface area (Å²) in [7, 11) is 1.73. The second-order valence-corrected chi connectivity index (χ2v) is 4.39. The SMILES string of the molecule is CC(c1ccccc1F)N(C)c1ncc(C(=O)O)cn1. The molecule has 104 valence electrons. The lowest BCUT2D eigenvalue weighted by molar-refractivity contribution is 0.0696. The molecule has 2 rings (SSSR count). The van der Waals surface area contributed by atoms with Crippen LogP contribution in [0.3, 0.4) is 0 Å². The average molecular weight is 275 g/mol. The zero-order chi connectivity index (χ0) is 14.7. The van der Waals surface area contributed by atoms with Crippen molar-refractivity contribution in [3.63, 3.8) is 0 Å². The molecule has 6 heteroatoms. The number of hydrogen-bond donors (Lipinski definition) is 1. The van der Waals surface area contributed by atoms with Gasteiger partial charge in [-0.15, -0.1) is 0 Å². The van der Waals surface area contributed by atoms with Crippen LogP contribution in [0.4, 0.5) is 10.3 Å². The quantitative estimate of drug-likeness (QED) is 0.928. The lowest BCUT2D eigenvalue weighted by Gasteiger charge is -2.25. The van der Waals surface area contributed by atoms with E-state index in [9.17, 15) is 9.18 Å². The first-order valence-corrected chi connectivity index (χ1v) is 6.03. The fraction of sp³-hybridized carbons (Fsp3) is 0.214. The van der Waals surface area contributed by atoms with Crippen LogP contribution >= 0.6 is 0 Å². The summed E-state index contributed by atoms with van der Waals surface area (Å²) in [4.78, 5) is 20.4. The molecule has 5 nitrogen and oxygen atoms in total. The fourth-order valence-electron chi connectivity index (χ4n) is 1.81. The zero-order valence-electron chi connectivity index (χ0n) is 11.1. The van der Waals surface area contributed by atoms with Crippen LogP contribution in [0, 0.1) is 5.82 Å². The van der Waals surface area contributed by atoms with E-state index in [0.29, 0.717) is 11.5 Å². The van der Waals surface area contributed by atoms with Crippen molar-refractivity contribution in [3.05, 3.63) is 53.6 Å². The Labute approximate surface area is 115 Å². The van der Waals surface area contributed by atoms with Gasteiger partial charge in [0, 0.05) is 25.0 Å². The normalized spacial score (nSPS) is 11.9. The number of carboxylic acids is 1. The lowest BCUT2D eigenvalue weighted by atomic mass is 10.1. The third kappa shape index (κ3) is 2.74. The molecule has 1 N–H and O–H groups in total. The van der Waals surface area contributed by atoms with Crippen molar-refractivity contribution in [2.75, 3.05) is 11.9 Å². The van der Waals surface area contributed by atoms with Crippen molar-refractivity contribution in [1.29, 1.82) is 0 Å². The molecule has 1 unspecified atom stereocenters. The molecule has 1 atom stereocenters. The molecule has 0 fully saturated rings. The predicted molar refractivity (Wildman–Crippen MR) is 72.2 cm³/mol. The number of nitrogens with zero attached hydrogens (tertiary/aromatic N) is 3. The van der Waals surface area contributed by atoms with Gasteiger partial charge in [-0.3, -0.25) is 0 Å². The molecule has 0 saturated heterocycles. The molecule has 2 aromatic rings. The van der Waals surface area contributed by atoms with E-state index >= 15 is 0 Å². The van der Waals surface area contributed by atoms with Crippen LogP contribution < -0.4 is 4.90 Å². The molecule has 20 heavy (non-hydrogen) atoms. The highest BCUT2D eigenvalue weighted by Crippen LogP contribution is 2.24. The number of halogens is 1. The Morgan fingerprint density at radius 3 is 2.45 bits per heavy atom. The van der Waals surface area contributed by atoms with E-state index in [-0.39, 0.29) is 17.4 Å². The van der Waals surface area contributed by atoms with Crippen molar-refractivity contribution in [1.82, 2.24) is 9.97 Å². The monoisotopic (exact) mass is 275 g/mol. The van der Waals surface area contributed by atoms with E-state index in [0.717, 1.165) is 0 Å². The average Bonchev–Trinajstić information content (AvgIpc) is 2.46. The van der Waals surface area contributed by atoms with E-state index in [4.69, 9.17) is 5.11 Å². The smallest absolute Gasteiger partial charge is 0.338 e. The molecule has 1 aromatic carbocycles. The number of carbonyl (C=O) groups is 1. The second kappa shape index (κ2) is 5.64. The Balaban J connectivity index is 2.24. The highest BCUT2D eigenvalue weighted by atomic mass is 19.1. The predicted octanol–water partition coefficient (Wildman–Crippen LogP) is 2.51. The molecule has 1 heterocycles. The standard InChI is InChI=1S/C14H14FN3O2/c1-9(11-5-3-4-6-12(11)15)18(2)14-16-7-10(8-17-14)13(19)20/h3-9H,1-2H3,(H,19,20). The molecule has 1 aromatic heterocycles. The van der Waals surface area contributed by atoms with Gasteiger partial charge in [0.25, 0.3) is 0 Å². The molecule has 0 amide bonds. The molecule has 0 aliphatic carbocycles. The van der Waals surface area contributed by atoms with Gasteiger partial charge in [0.1, 0.15) is 5.82 Å². The van der Waals surface area contributed by atoms with Crippen LogP contribution in [0.25, 0.3) is 0 Å². The van der Waals surface area contributed by atoms with Crippen LogP contribution in [0.1, 0.15) is 28.9 Å². The highest BCUT2D eigenvalue weighted by Gasteiger charge is 2.18. The van der Waals surface area contributed by atoms with E-state index in [1.165, 1.54) is 18.5 Å². The maximum absolute atomic E-state index is 13.7. The minimum absolute atomic E-state index is 0.0145. The molecule has 0 spiro atoms. The molecular weight excluding hydrogens is 261 g/mol. The Morgan fingerprint density at radius 1 is 1.30 bits per heavy atom. The van der Waals surface area contributed by atoms with Crippen molar-refractivity contribution < 1.29 is 14.3 Å². The van der Waals surface area contributed by atoms with Crippen molar-refractivity contribution >= 4 is 11.9 Å². The molecular formula is C14H14FN3O2. The third-order valence-corrected chi connectivity index (χ3v) is 3.14. The highest BCUT2D eigenvalue weighted by molar-refractivity contribution is 5.86. The topological polar surface area (TPSA) is 66.3 Å². The number of anilines is 1. The number of rotatable bonds is 4. The van der Waals surface area contributed by atoms with Crippen molar-refractivity contribution in [2.45, 2.75) is 13.0 Å². The Hall–Kier alpha value is -2.50. The maximum atomic E-state index is 13.7. The van der Waals surface area contributed by atoms with Gasteiger partial charge in [-0.05, 0) is 13.0 Å². The third-order valence-electron chi connectivity index (χ3n) is 3.14. The summed E-state index contributed by atoms with van der Waals surface area (Å²) in [5.74, 6) is -1.04.